The molecule has 0 aliphatic carbocycles. The molecule has 0 saturated heterocycles. The quantitative estimate of drug-likeness (QED) is 0.347. The molecule has 5 heteroatoms. The molecule has 0 aromatic heterocycles. The molecule has 0 unspecified atom stereocenters. The van der Waals surface area contributed by atoms with Crippen LogP contribution in [0.25, 0.3) is 6.08 Å². The Morgan fingerprint density at radius 2 is 1.66 bits per heavy atom. The predicted octanol–water partition coefficient (Wildman–Crippen LogP) is 5.83. The van der Waals surface area contributed by atoms with E-state index in [2.05, 4.69) is 0 Å². The van der Waals surface area contributed by atoms with Crippen LogP contribution in [0.5, 0.6) is 17.2 Å². The number of halogens is 1. The van der Waals surface area contributed by atoms with Gasteiger partial charge in [0.15, 0.2) is 5.78 Å². The SMILES string of the molecule is COc1ccc(/C=C/C(=O)c2ccccc2OC)cc1COc1ccc(Cl)cc1. The summed E-state index contributed by atoms with van der Waals surface area (Å²) >= 11 is 5.90. The van der Waals surface area contributed by atoms with E-state index in [1.807, 2.05) is 42.5 Å². The van der Waals surface area contributed by atoms with Gasteiger partial charge >= 0.3 is 0 Å². The van der Waals surface area contributed by atoms with E-state index in [0.717, 1.165) is 11.1 Å². The number of ketones is 1. The van der Waals surface area contributed by atoms with Crippen LogP contribution < -0.4 is 14.2 Å². The van der Waals surface area contributed by atoms with E-state index in [4.69, 9.17) is 25.8 Å². The molecule has 0 bridgehead atoms. The molecule has 3 rings (SSSR count). The number of para-hydroxylation sites is 1. The molecule has 0 amide bonds. The van der Waals surface area contributed by atoms with Crippen molar-refractivity contribution >= 4 is 23.5 Å². The van der Waals surface area contributed by atoms with E-state index >= 15 is 0 Å². The molecule has 3 aromatic rings. The summed E-state index contributed by atoms with van der Waals surface area (Å²) in [6.07, 6.45) is 3.30. The van der Waals surface area contributed by atoms with Crippen molar-refractivity contribution < 1.29 is 19.0 Å². The van der Waals surface area contributed by atoms with Gasteiger partial charge in [0, 0.05) is 10.6 Å². The molecule has 0 heterocycles. The Morgan fingerprint density at radius 1 is 0.931 bits per heavy atom. The van der Waals surface area contributed by atoms with Gasteiger partial charge in [-0.2, -0.15) is 0 Å². The fourth-order valence-corrected chi connectivity index (χ4v) is 2.94. The highest BCUT2D eigenvalue weighted by Crippen LogP contribution is 2.24. The fraction of sp³-hybridized carbons (Fsp3) is 0.125. The van der Waals surface area contributed by atoms with Crippen molar-refractivity contribution in [2.75, 3.05) is 14.2 Å². The Kier molecular flexibility index (Phi) is 6.93. The minimum Gasteiger partial charge on any atom is -0.496 e. The molecule has 4 nitrogen and oxygen atoms in total. The van der Waals surface area contributed by atoms with Crippen molar-refractivity contribution in [3.63, 3.8) is 0 Å². The smallest absolute Gasteiger partial charge is 0.189 e. The summed E-state index contributed by atoms with van der Waals surface area (Å²) in [5.41, 5.74) is 2.25. The zero-order valence-electron chi connectivity index (χ0n) is 16.2. The van der Waals surface area contributed by atoms with E-state index in [-0.39, 0.29) is 5.78 Å². The van der Waals surface area contributed by atoms with Gasteiger partial charge in [0.1, 0.15) is 23.9 Å². The second-order valence-electron chi connectivity index (χ2n) is 6.21. The van der Waals surface area contributed by atoms with E-state index in [0.29, 0.717) is 34.4 Å². The maximum atomic E-state index is 12.5. The third-order valence-electron chi connectivity index (χ3n) is 4.31. The first-order valence-corrected chi connectivity index (χ1v) is 9.39. The van der Waals surface area contributed by atoms with Crippen LogP contribution in [0.15, 0.2) is 72.8 Å². The van der Waals surface area contributed by atoms with Crippen LogP contribution in [0.3, 0.4) is 0 Å². The molecule has 0 aliphatic heterocycles. The van der Waals surface area contributed by atoms with Crippen molar-refractivity contribution in [2.24, 2.45) is 0 Å². The van der Waals surface area contributed by atoms with Crippen LogP contribution in [0.1, 0.15) is 21.5 Å². The standard InChI is InChI=1S/C24H21ClO4/c1-27-23-14-8-17(7-13-22(26)21-5-3-4-6-24(21)28-2)15-18(23)16-29-20-11-9-19(25)10-12-20/h3-15H,16H2,1-2H3/b13-7+. The Morgan fingerprint density at radius 3 is 2.38 bits per heavy atom. The number of rotatable bonds is 8. The second-order valence-corrected chi connectivity index (χ2v) is 6.65. The third-order valence-corrected chi connectivity index (χ3v) is 4.56. The molecule has 0 radical (unpaired) electrons. The lowest BCUT2D eigenvalue weighted by atomic mass is 10.1. The molecular formula is C24H21ClO4. The Hall–Kier alpha value is -3.24. The topological polar surface area (TPSA) is 44.8 Å². The predicted molar refractivity (Wildman–Crippen MR) is 115 cm³/mol. The van der Waals surface area contributed by atoms with Crippen molar-refractivity contribution in [1.82, 2.24) is 0 Å². The largest absolute Gasteiger partial charge is 0.496 e. The lowest BCUT2D eigenvalue weighted by molar-refractivity contribution is 0.104. The second kappa shape index (κ2) is 9.80. The Bertz CT molecular complexity index is 1010. The molecule has 148 valence electrons. The van der Waals surface area contributed by atoms with Crippen molar-refractivity contribution in [1.29, 1.82) is 0 Å². The molecule has 29 heavy (non-hydrogen) atoms. The van der Waals surface area contributed by atoms with Gasteiger partial charge in [-0.05, 0) is 60.2 Å². The first-order chi connectivity index (χ1) is 14.1. The van der Waals surface area contributed by atoms with Gasteiger partial charge in [0.05, 0.1) is 19.8 Å². The maximum absolute atomic E-state index is 12.5. The Labute approximate surface area is 175 Å². The van der Waals surface area contributed by atoms with E-state index in [1.54, 1.807) is 44.6 Å². The van der Waals surface area contributed by atoms with E-state index in [1.165, 1.54) is 6.08 Å². The van der Waals surface area contributed by atoms with Crippen molar-refractivity contribution in [3.8, 4) is 17.2 Å². The monoisotopic (exact) mass is 408 g/mol. The van der Waals surface area contributed by atoms with Crippen LogP contribution >= 0.6 is 11.6 Å². The molecule has 0 aliphatic rings. The molecule has 0 fully saturated rings. The lowest BCUT2D eigenvalue weighted by Gasteiger charge is -2.11. The number of allylic oxidation sites excluding steroid dienone is 1. The van der Waals surface area contributed by atoms with Gasteiger partial charge in [-0.15, -0.1) is 0 Å². The average molecular weight is 409 g/mol. The molecular weight excluding hydrogens is 388 g/mol. The zero-order valence-corrected chi connectivity index (χ0v) is 17.0. The van der Waals surface area contributed by atoms with Gasteiger partial charge < -0.3 is 14.2 Å². The summed E-state index contributed by atoms with van der Waals surface area (Å²) in [5, 5.41) is 0.654. The van der Waals surface area contributed by atoms with Gasteiger partial charge in [0.2, 0.25) is 0 Å². The normalized spacial score (nSPS) is 10.7. The molecule has 3 aromatic carbocycles. The first-order valence-electron chi connectivity index (χ1n) is 9.01. The number of carbonyl (C=O) groups excluding carboxylic acids is 1. The number of hydrogen-bond donors (Lipinski definition) is 0. The van der Waals surface area contributed by atoms with Crippen LogP contribution in [0.2, 0.25) is 5.02 Å². The number of hydrogen-bond acceptors (Lipinski definition) is 4. The van der Waals surface area contributed by atoms with Crippen molar-refractivity contribution in [3.05, 3.63) is 94.5 Å². The summed E-state index contributed by atoms with van der Waals surface area (Å²) in [5.74, 6) is 1.85. The van der Waals surface area contributed by atoms with Crippen molar-refractivity contribution in [2.45, 2.75) is 6.61 Å². The number of ether oxygens (including phenoxy) is 3. The summed E-state index contributed by atoms with van der Waals surface area (Å²) in [7, 11) is 3.16. The maximum Gasteiger partial charge on any atom is 0.189 e. The van der Waals surface area contributed by atoms with Gasteiger partial charge in [-0.1, -0.05) is 35.9 Å². The van der Waals surface area contributed by atoms with E-state index in [9.17, 15) is 4.79 Å². The molecule has 0 spiro atoms. The summed E-state index contributed by atoms with van der Waals surface area (Å²) in [6, 6.07) is 20.0. The van der Waals surface area contributed by atoms with Crippen LogP contribution in [0, 0.1) is 0 Å². The van der Waals surface area contributed by atoms with Crippen LogP contribution in [-0.4, -0.2) is 20.0 Å². The van der Waals surface area contributed by atoms with Crippen LogP contribution in [-0.2, 0) is 6.61 Å². The van der Waals surface area contributed by atoms with Crippen LogP contribution in [0.4, 0.5) is 0 Å². The number of carbonyl (C=O) groups is 1. The molecule has 0 N–H and O–H groups in total. The summed E-state index contributed by atoms with van der Waals surface area (Å²) in [6.45, 7) is 0.326. The lowest BCUT2D eigenvalue weighted by Crippen LogP contribution is -2.00. The van der Waals surface area contributed by atoms with Gasteiger partial charge in [-0.3, -0.25) is 4.79 Å². The van der Waals surface area contributed by atoms with Gasteiger partial charge in [-0.25, -0.2) is 0 Å². The minimum absolute atomic E-state index is 0.128. The third kappa shape index (κ3) is 5.39. The Balaban J connectivity index is 1.76. The first kappa shape index (κ1) is 20.5. The highest BCUT2D eigenvalue weighted by molar-refractivity contribution is 6.30. The minimum atomic E-state index is -0.128. The molecule has 0 atom stereocenters. The average Bonchev–Trinajstić information content (AvgIpc) is 2.77. The summed E-state index contributed by atoms with van der Waals surface area (Å²) < 4.78 is 16.5. The highest BCUT2D eigenvalue weighted by Gasteiger charge is 2.09. The van der Waals surface area contributed by atoms with Gasteiger partial charge in [0.25, 0.3) is 0 Å². The summed E-state index contributed by atoms with van der Waals surface area (Å²) in [4.78, 5) is 12.5. The fourth-order valence-electron chi connectivity index (χ4n) is 2.82. The molecule has 0 saturated carbocycles. The van der Waals surface area contributed by atoms with E-state index < -0.39 is 0 Å². The zero-order chi connectivity index (χ0) is 20.6. The number of benzene rings is 3. The number of methoxy groups -OCH3 is 2. The highest BCUT2D eigenvalue weighted by atomic mass is 35.5.